The van der Waals surface area contributed by atoms with Gasteiger partial charge in [-0.25, -0.2) is 4.79 Å². The fourth-order valence-corrected chi connectivity index (χ4v) is 1.83. The SMILES string of the molecule is C/C=C(\OC(C)(C)C)N1CCC=C(C(=O)OC)C1. The van der Waals surface area contributed by atoms with Crippen molar-refractivity contribution in [1.82, 2.24) is 4.90 Å². The molecule has 0 saturated heterocycles. The first-order valence-corrected chi connectivity index (χ1v) is 6.25. The summed E-state index contributed by atoms with van der Waals surface area (Å²) in [6.07, 6.45) is 4.70. The predicted octanol–water partition coefficient (Wildman–Crippen LogP) is 2.47. The number of ether oxygens (including phenoxy) is 2. The monoisotopic (exact) mass is 253 g/mol. The normalized spacial score (nSPS) is 17.3. The number of esters is 1. The number of hydrogen-bond donors (Lipinski definition) is 0. The molecule has 18 heavy (non-hydrogen) atoms. The molecule has 0 aromatic carbocycles. The van der Waals surface area contributed by atoms with E-state index in [2.05, 4.69) is 4.90 Å². The number of carbonyl (C=O) groups is 1. The first-order valence-electron chi connectivity index (χ1n) is 6.25. The second kappa shape index (κ2) is 5.94. The average molecular weight is 253 g/mol. The molecular formula is C14H23NO3. The fourth-order valence-electron chi connectivity index (χ4n) is 1.83. The van der Waals surface area contributed by atoms with Gasteiger partial charge in [-0.05, 0) is 40.2 Å². The van der Waals surface area contributed by atoms with Crippen LogP contribution >= 0.6 is 0 Å². The Balaban J connectivity index is 2.74. The lowest BCUT2D eigenvalue weighted by molar-refractivity contribution is -0.136. The van der Waals surface area contributed by atoms with Crippen molar-refractivity contribution in [1.29, 1.82) is 0 Å². The minimum Gasteiger partial charge on any atom is -0.474 e. The molecule has 0 radical (unpaired) electrons. The van der Waals surface area contributed by atoms with E-state index >= 15 is 0 Å². The van der Waals surface area contributed by atoms with Crippen LogP contribution in [0.15, 0.2) is 23.6 Å². The van der Waals surface area contributed by atoms with Gasteiger partial charge < -0.3 is 14.4 Å². The summed E-state index contributed by atoms with van der Waals surface area (Å²) in [4.78, 5) is 13.6. The standard InChI is InChI=1S/C14H23NO3/c1-6-12(18-14(2,3)4)15-9-7-8-11(10-15)13(16)17-5/h6,8H,7,9-10H2,1-5H3/b12-6-. The Hall–Kier alpha value is -1.45. The maximum Gasteiger partial charge on any atom is 0.335 e. The number of methoxy groups -OCH3 is 1. The van der Waals surface area contributed by atoms with E-state index in [4.69, 9.17) is 9.47 Å². The Morgan fingerprint density at radius 2 is 2.11 bits per heavy atom. The van der Waals surface area contributed by atoms with E-state index in [1.54, 1.807) is 0 Å². The van der Waals surface area contributed by atoms with Gasteiger partial charge in [0.2, 0.25) is 0 Å². The van der Waals surface area contributed by atoms with Gasteiger partial charge in [0.1, 0.15) is 5.60 Å². The van der Waals surface area contributed by atoms with Gasteiger partial charge in [-0.3, -0.25) is 0 Å². The van der Waals surface area contributed by atoms with Crippen molar-refractivity contribution in [3.63, 3.8) is 0 Å². The number of hydrogen-bond acceptors (Lipinski definition) is 4. The second-order valence-electron chi connectivity index (χ2n) is 5.27. The van der Waals surface area contributed by atoms with Crippen molar-refractivity contribution in [2.45, 2.75) is 39.7 Å². The molecule has 0 atom stereocenters. The molecule has 0 amide bonds. The van der Waals surface area contributed by atoms with E-state index < -0.39 is 0 Å². The molecule has 4 heteroatoms. The average Bonchev–Trinajstić information content (AvgIpc) is 2.34. The van der Waals surface area contributed by atoms with Gasteiger partial charge >= 0.3 is 5.97 Å². The zero-order chi connectivity index (χ0) is 13.8. The number of nitrogens with zero attached hydrogens (tertiary/aromatic N) is 1. The predicted molar refractivity (Wildman–Crippen MR) is 70.9 cm³/mol. The molecule has 0 spiro atoms. The Morgan fingerprint density at radius 1 is 1.44 bits per heavy atom. The van der Waals surface area contributed by atoms with E-state index in [9.17, 15) is 4.79 Å². The molecule has 4 nitrogen and oxygen atoms in total. The third-order valence-corrected chi connectivity index (χ3v) is 2.57. The highest BCUT2D eigenvalue weighted by molar-refractivity contribution is 5.89. The molecule has 0 bridgehead atoms. The van der Waals surface area contributed by atoms with Crippen LogP contribution in [0.1, 0.15) is 34.1 Å². The van der Waals surface area contributed by atoms with Crippen LogP contribution in [0, 0.1) is 0 Å². The van der Waals surface area contributed by atoms with Crippen LogP contribution in [-0.2, 0) is 14.3 Å². The van der Waals surface area contributed by atoms with E-state index in [1.165, 1.54) is 7.11 Å². The van der Waals surface area contributed by atoms with Gasteiger partial charge in [0.05, 0.1) is 19.2 Å². The molecule has 0 saturated carbocycles. The second-order valence-corrected chi connectivity index (χ2v) is 5.27. The van der Waals surface area contributed by atoms with Gasteiger partial charge in [0.25, 0.3) is 0 Å². The first kappa shape index (κ1) is 14.6. The van der Waals surface area contributed by atoms with Crippen LogP contribution in [0.3, 0.4) is 0 Å². The molecule has 0 aromatic heterocycles. The molecule has 0 aliphatic carbocycles. The summed E-state index contributed by atoms with van der Waals surface area (Å²) in [5, 5.41) is 0. The van der Waals surface area contributed by atoms with E-state index in [-0.39, 0.29) is 11.6 Å². The smallest absolute Gasteiger partial charge is 0.335 e. The Bertz CT molecular complexity index is 364. The highest BCUT2D eigenvalue weighted by atomic mass is 16.5. The molecule has 0 fully saturated rings. The molecule has 1 rings (SSSR count). The third kappa shape index (κ3) is 4.09. The first-order chi connectivity index (χ1) is 8.37. The van der Waals surface area contributed by atoms with Crippen LogP contribution in [0.4, 0.5) is 0 Å². The molecule has 0 N–H and O–H groups in total. The van der Waals surface area contributed by atoms with Crippen LogP contribution < -0.4 is 0 Å². The summed E-state index contributed by atoms with van der Waals surface area (Å²) in [7, 11) is 1.41. The van der Waals surface area contributed by atoms with Crippen molar-refractivity contribution in [2.24, 2.45) is 0 Å². The highest BCUT2D eigenvalue weighted by Gasteiger charge is 2.23. The van der Waals surface area contributed by atoms with Gasteiger partial charge in [0.15, 0.2) is 5.88 Å². The van der Waals surface area contributed by atoms with E-state index in [0.717, 1.165) is 18.8 Å². The lowest BCUT2D eigenvalue weighted by atomic mass is 10.1. The summed E-state index contributed by atoms with van der Waals surface area (Å²) in [6.45, 7) is 9.38. The fraction of sp³-hybridized carbons (Fsp3) is 0.643. The van der Waals surface area contributed by atoms with Crippen LogP contribution in [0.5, 0.6) is 0 Å². The van der Waals surface area contributed by atoms with E-state index in [1.807, 2.05) is 39.8 Å². The molecule has 1 aliphatic heterocycles. The number of allylic oxidation sites excluding steroid dienone is 1. The third-order valence-electron chi connectivity index (χ3n) is 2.57. The molecule has 1 heterocycles. The quantitative estimate of drug-likeness (QED) is 0.572. The maximum absolute atomic E-state index is 11.5. The maximum atomic E-state index is 11.5. The van der Waals surface area contributed by atoms with Crippen LogP contribution in [0.25, 0.3) is 0 Å². The van der Waals surface area contributed by atoms with Crippen LogP contribution in [0.2, 0.25) is 0 Å². The summed E-state index contributed by atoms with van der Waals surface area (Å²) in [6, 6.07) is 0. The topological polar surface area (TPSA) is 38.8 Å². The van der Waals surface area contributed by atoms with Gasteiger partial charge in [-0.15, -0.1) is 0 Å². The minimum atomic E-state index is -0.258. The summed E-state index contributed by atoms with van der Waals surface area (Å²) >= 11 is 0. The van der Waals surface area contributed by atoms with Crippen molar-refractivity contribution in [3.05, 3.63) is 23.6 Å². The Labute approximate surface area is 109 Å². The minimum absolute atomic E-state index is 0.242. The summed E-state index contributed by atoms with van der Waals surface area (Å²) < 4.78 is 10.7. The lowest BCUT2D eigenvalue weighted by Gasteiger charge is -2.34. The zero-order valence-corrected chi connectivity index (χ0v) is 11.9. The van der Waals surface area contributed by atoms with Crippen molar-refractivity contribution in [3.8, 4) is 0 Å². The molecule has 1 aliphatic rings. The number of carbonyl (C=O) groups excluding carboxylic acids is 1. The summed E-state index contributed by atoms with van der Waals surface area (Å²) in [5.74, 6) is 0.558. The molecule has 0 unspecified atom stereocenters. The molecule has 0 aromatic rings. The van der Waals surface area contributed by atoms with Gasteiger partial charge in [-0.2, -0.15) is 0 Å². The molecular weight excluding hydrogens is 230 g/mol. The van der Waals surface area contributed by atoms with Crippen LogP contribution in [-0.4, -0.2) is 36.7 Å². The van der Waals surface area contributed by atoms with Gasteiger partial charge in [0, 0.05) is 6.54 Å². The Morgan fingerprint density at radius 3 is 2.61 bits per heavy atom. The Kier molecular flexibility index (Phi) is 4.82. The largest absolute Gasteiger partial charge is 0.474 e. The van der Waals surface area contributed by atoms with E-state index in [0.29, 0.717) is 12.1 Å². The summed E-state index contributed by atoms with van der Waals surface area (Å²) in [5.41, 5.74) is 0.453. The number of rotatable bonds is 3. The lowest BCUT2D eigenvalue weighted by Crippen LogP contribution is -2.35. The van der Waals surface area contributed by atoms with Crippen molar-refractivity contribution >= 4 is 5.97 Å². The van der Waals surface area contributed by atoms with Gasteiger partial charge in [-0.1, -0.05) is 6.08 Å². The molecule has 102 valence electrons. The highest BCUT2D eigenvalue weighted by Crippen LogP contribution is 2.21. The zero-order valence-electron chi connectivity index (χ0n) is 11.9. The van der Waals surface area contributed by atoms with Crippen molar-refractivity contribution in [2.75, 3.05) is 20.2 Å². The van der Waals surface area contributed by atoms with Crippen molar-refractivity contribution < 1.29 is 14.3 Å².